The van der Waals surface area contributed by atoms with Crippen molar-refractivity contribution >= 4 is 11.6 Å². The topological polar surface area (TPSA) is 65.9 Å². The molecule has 2 aliphatic heterocycles. The molecule has 0 radical (unpaired) electrons. The monoisotopic (exact) mass is 439 g/mol. The predicted octanol–water partition coefficient (Wildman–Crippen LogP) is 4.14. The van der Waals surface area contributed by atoms with Gasteiger partial charge in [0.25, 0.3) is 0 Å². The number of nitrogens with zero attached hydrogens (tertiary/aromatic N) is 3. The number of hydrogen-bond donors (Lipinski definition) is 1. The Bertz CT molecular complexity index is 964. The Balaban J connectivity index is 1.29. The molecule has 3 heterocycles. The van der Waals surface area contributed by atoms with Crippen LogP contribution in [0.2, 0.25) is 0 Å². The molecule has 1 saturated carbocycles. The summed E-state index contributed by atoms with van der Waals surface area (Å²) in [4.78, 5) is 21.5. The summed E-state index contributed by atoms with van der Waals surface area (Å²) >= 11 is 0. The molecular formula is C25H30FN3O3. The molecule has 3 aliphatic rings. The minimum absolute atomic E-state index is 0.224. The van der Waals surface area contributed by atoms with Crippen molar-refractivity contribution in [3.63, 3.8) is 0 Å². The highest BCUT2D eigenvalue weighted by atomic mass is 19.1. The number of benzene rings is 1. The number of halogens is 1. The summed E-state index contributed by atoms with van der Waals surface area (Å²) in [5.41, 5.74) is 0.102. The molecule has 0 bridgehead atoms. The van der Waals surface area contributed by atoms with Crippen molar-refractivity contribution in [2.75, 3.05) is 24.5 Å². The van der Waals surface area contributed by atoms with Crippen molar-refractivity contribution in [3.05, 3.63) is 48.5 Å². The molecular weight excluding hydrogens is 409 g/mol. The van der Waals surface area contributed by atoms with Crippen molar-refractivity contribution < 1.29 is 19.0 Å². The highest BCUT2D eigenvalue weighted by Crippen LogP contribution is 2.44. The van der Waals surface area contributed by atoms with E-state index in [9.17, 15) is 9.90 Å². The first kappa shape index (κ1) is 21.2. The van der Waals surface area contributed by atoms with Crippen LogP contribution in [-0.4, -0.2) is 52.7 Å². The second kappa shape index (κ2) is 8.70. The number of carbonyl (C=O) groups excluding carboxylic acids is 1. The van der Waals surface area contributed by atoms with Crippen molar-refractivity contribution in [3.8, 4) is 11.5 Å². The standard InChI is InChI=1S/C25H30FN3O3/c26-22-16-21(32-20-8-12-27-13-9-20)6-7-23(22)28-14-1-10-25(17-28)11-15-29(24(25)31)18-2-4-19(30)5-3-18/h6-9,12-13,16,18-19,30H,1-5,10-11,14-15,17H2/t18-,19-,25-/m1/s1. The fourth-order valence-electron chi connectivity index (χ4n) is 5.63. The van der Waals surface area contributed by atoms with Crippen LogP contribution in [0.3, 0.4) is 0 Å². The van der Waals surface area contributed by atoms with Gasteiger partial charge in [-0.1, -0.05) is 0 Å². The van der Waals surface area contributed by atoms with Gasteiger partial charge in [0.05, 0.1) is 17.2 Å². The Morgan fingerprint density at radius 3 is 2.56 bits per heavy atom. The van der Waals surface area contributed by atoms with Gasteiger partial charge in [-0.2, -0.15) is 0 Å². The third-order valence-electron chi connectivity index (χ3n) is 7.37. The van der Waals surface area contributed by atoms with Gasteiger partial charge in [0.15, 0.2) is 0 Å². The third-order valence-corrected chi connectivity index (χ3v) is 7.37. The van der Waals surface area contributed by atoms with Crippen LogP contribution in [0.1, 0.15) is 44.9 Å². The zero-order chi connectivity index (χ0) is 22.1. The molecule has 32 heavy (non-hydrogen) atoms. The van der Waals surface area contributed by atoms with E-state index < -0.39 is 5.41 Å². The lowest BCUT2D eigenvalue weighted by Crippen LogP contribution is -2.50. The van der Waals surface area contributed by atoms with Crippen LogP contribution in [0, 0.1) is 11.2 Å². The predicted molar refractivity (Wildman–Crippen MR) is 119 cm³/mol. The van der Waals surface area contributed by atoms with Crippen LogP contribution >= 0.6 is 0 Å². The molecule has 1 atom stereocenters. The van der Waals surface area contributed by atoms with Crippen molar-refractivity contribution in [1.82, 2.24) is 9.88 Å². The van der Waals surface area contributed by atoms with Gasteiger partial charge in [0.2, 0.25) is 5.91 Å². The molecule has 2 saturated heterocycles. The van der Waals surface area contributed by atoms with Gasteiger partial charge in [-0.25, -0.2) is 4.39 Å². The van der Waals surface area contributed by atoms with E-state index in [1.165, 1.54) is 6.07 Å². The lowest BCUT2D eigenvalue weighted by atomic mass is 9.78. The summed E-state index contributed by atoms with van der Waals surface area (Å²) < 4.78 is 20.8. The second-order valence-electron chi connectivity index (χ2n) is 9.41. The van der Waals surface area contributed by atoms with E-state index in [4.69, 9.17) is 4.74 Å². The number of piperidine rings is 1. The molecule has 0 unspecified atom stereocenters. The largest absolute Gasteiger partial charge is 0.457 e. The molecule has 1 amide bonds. The first-order valence-electron chi connectivity index (χ1n) is 11.7. The Labute approximate surface area is 188 Å². The minimum atomic E-state index is -0.424. The van der Waals surface area contributed by atoms with Gasteiger partial charge in [0, 0.05) is 44.1 Å². The van der Waals surface area contributed by atoms with Crippen LogP contribution in [0.15, 0.2) is 42.7 Å². The summed E-state index contributed by atoms with van der Waals surface area (Å²) in [5.74, 6) is 0.932. The summed E-state index contributed by atoms with van der Waals surface area (Å²) in [6.07, 6.45) is 8.88. The number of aromatic nitrogens is 1. The van der Waals surface area contributed by atoms with E-state index in [-0.39, 0.29) is 23.9 Å². The maximum absolute atomic E-state index is 15.1. The highest BCUT2D eigenvalue weighted by Gasteiger charge is 2.50. The fraction of sp³-hybridized carbons (Fsp3) is 0.520. The van der Waals surface area contributed by atoms with Crippen molar-refractivity contribution in [2.24, 2.45) is 5.41 Å². The zero-order valence-corrected chi connectivity index (χ0v) is 18.3. The number of ether oxygens (including phenoxy) is 1. The molecule has 1 spiro atoms. The molecule has 3 fully saturated rings. The van der Waals surface area contributed by atoms with Crippen molar-refractivity contribution in [1.29, 1.82) is 0 Å². The van der Waals surface area contributed by atoms with Crippen LogP contribution in [0.25, 0.3) is 0 Å². The number of amides is 1. The van der Waals surface area contributed by atoms with E-state index in [1.807, 2.05) is 4.90 Å². The van der Waals surface area contributed by atoms with Gasteiger partial charge in [-0.3, -0.25) is 9.78 Å². The zero-order valence-electron chi connectivity index (χ0n) is 18.3. The Kier molecular flexibility index (Phi) is 5.76. The highest BCUT2D eigenvalue weighted by molar-refractivity contribution is 5.86. The first-order chi connectivity index (χ1) is 15.5. The summed E-state index contributed by atoms with van der Waals surface area (Å²) in [5, 5.41) is 9.81. The molecule has 5 rings (SSSR count). The van der Waals surface area contributed by atoms with E-state index in [0.29, 0.717) is 23.7 Å². The molecule has 1 aliphatic carbocycles. The summed E-state index contributed by atoms with van der Waals surface area (Å²) in [6, 6.07) is 8.63. The van der Waals surface area contributed by atoms with E-state index >= 15 is 4.39 Å². The SMILES string of the molecule is O=C1N([C@H]2CC[C@H](O)CC2)CC[C@@]12CCCN(c1ccc(Oc3ccncc3)cc1F)C2. The van der Waals surface area contributed by atoms with Gasteiger partial charge >= 0.3 is 0 Å². The molecule has 2 aromatic rings. The van der Waals surface area contributed by atoms with Crippen LogP contribution in [-0.2, 0) is 4.79 Å². The molecule has 1 N–H and O–H groups in total. The number of aliphatic hydroxyl groups excluding tert-OH is 1. The second-order valence-corrected chi connectivity index (χ2v) is 9.41. The average Bonchev–Trinajstić information content (AvgIpc) is 3.10. The van der Waals surface area contributed by atoms with E-state index in [2.05, 4.69) is 9.88 Å². The molecule has 7 heteroatoms. The minimum Gasteiger partial charge on any atom is -0.457 e. The average molecular weight is 440 g/mol. The van der Waals surface area contributed by atoms with Gasteiger partial charge in [0.1, 0.15) is 17.3 Å². The number of carbonyl (C=O) groups is 1. The molecule has 1 aromatic heterocycles. The Morgan fingerprint density at radius 2 is 1.81 bits per heavy atom. The van der Waals surface area contributed by atoms with Gasteiger partial charge in [-0.15, -0.1) is 0 Å². The maximum Gasteiger partial charge on any atom is 0.230 e. The molecule has 6 nitrogen and oxygen atoms in total. The van der Waals surface area contributed by atoms with Gasteiger partial charge < -0.3 is 19.6 Å². The van der Waals surface area contributed by atoms with Crippen LogP contribution in [0.4, 0.5) is 10.1 Å². The summed E-state index contributed by atoms with van der Waals surface area (Å²) in [7, 11) is 0. The van der Waals surface area contributed by atoms with E-state index in [0.717, 1.165) is 58.0 Å². The normalized spacial score (nSPS) is 28.4. The number of rotatable bonds is 4. The number of hydrogen-bond acceptors (Lipinski definition) is 5. The van der Waals surface area contributed by atoms with E-state index in [1.54, 1.807) is 36.7 Å². The smallest absolute Gasteiger partial charge is 0.230 e. The van der Waals surface area contributed by atoms with Crippen LogP contribution < -0.4 is 9.64 Å². The maximum atomic E-state index is 15.1. The number of anilines is 1. The molecule has 1 aromatic carbocycles. The van der Waals surface area contributed by atoms with Crippen LogP contribution in [0.5, 0.6) is 11.5 Å². The quantitative estimate of drug-likeness (QED) is 0.776. The Morgan fingerprint density at radius 1 is 1.03 bits per heavy atom. The lowest BCUT2D eigenvalue weighted by molar-refractivity contribution is -0.139. The van der Waals surface area contributed by atoms with Gasteiger partial charge in [-0.05, 0) is 69.2 Å². The fourth-order valence-corrected chi connectivity index (χ4v) is 5.63. The number of likely N-dealkylation sites (tertiary alicyclic amines) is 1. The first-order valence-corrected chi connectivity index (χ1v) is 11.7. The molecule has 170 valence electrons. The third kappa shape index (κ3) is 4.06. The number of aliphatic hydroxyl groups is 1. The number of pyridine rings is 1. The lowest BCUT2D eigenvalue weighted by Gasteiger charge is -2.41. The summed E-state index contributed by atoms with van der Waals surface area (Å²) in [6.45, 7) is 2.07. The van der Waals surface area contributed by atoms with Crippen molar-refractivity contribution in [2.45, 2.75) is 57.1 Å². The Hall–Kier alpha value is -2.67.